The van der Waals surface area contributed by atoms with Gasteiger partial charge in [-0.2, -0.15) is 0 Å². The largest absolute Gasteiger partial charge is 0.325 e. The van der Waals surface area contributed by atoms with Crippen molar-refractivity contribution in [2.45, 2.75) is 51.5 Å². The van der Waals surface area contributed by atoms with Gasteiger partial charge in [-0.25, -0.2) is 0 Å². The third-order valence-corrected chi connectivity index (χ3v) is 4.27. The second-order valence-electron chi connectivity index (χ2n) is 5.98. The Morgan fingerprint density at radius 1 is 1.29 bits per heavy atom. The second-order valence-corrected chi connectivity index (χ2v) is 5.98. The van der Waals surface area contributed by atoms with Crippen molar-refractivity contribution >= 4 is 0 Å². The highest BCUT2D eigenvalue weighted by Gasteiger charge is 2.32. The highest BCUT2D eigenvalue weighted by atomic mass is 14.7. The average molecular weight is 232 g/mol. The van der Waals surface area contributed by atoms with E-state index < -0.39 is 0 Å². The van der Waals surface area contributed by atoms with Gasteiger partial charge in [0.05, 0.1) is 0 Å². The van der Waals surface area contributed by atoms with Crippen LogP contribution in [0.15, 0.2) is 24.5 Å². The van der Waals surface area contributed by atoms with Gasteiger partial charge in [-0.15, -0.1) is 0 Å². The fourth-order valence-electron chi connectivity index (χ4n) is 2.97. The quantitative estimate of drug-likeness (QED) is 0.869. The molecule has 2 rings (SSSR count). The van der Waals surface area contributed by atoms with Crippen LogP contribution in [0.3, 0.4) is 0 Å². The first-order valence-electron chi connectivity index (χ1n) is 6.77. The predicted molar refractivity (Wildman–Crippen MR) is 71.7 cm³/mol. The molecule has 2 nitrogen and oxygen atoms in total. The summed E-state index contributed by atoms with van der Waals surface area (Å²) in [6, 6.07) is 4.17. The maximum absolute atomic E-state index is 6.53. The summed E-state index contributed by atoms with van der Waals surface area (Å²) in [6.07, 6.45) is 9.63. The molecule has 2 heteroatoms. The van der Waals surface area contributed by atoms with Gasteiger partial charge in [0, 0.05) is 17.9 Å². The van der Waals surface area contributed by atoms with Gasteiger partial charge in [0.15, 0.2) is 0 Å². The molecule has 0 unspecified atom stereocenters. The summed E-state index contributed by atoms with van der Waals surface area (Å²) in [5, 5.41) is 0. The molecule has 1 aromatic heterocycles. The lowest BCUT2D eigenvalue weighted by atomic mass is 9.71. The smallest absolute Gasteiger partial charge is 0.0270 e. The molecular weight excluding hydrogens is 208 g/mol. The minimum Gasteiger partial charge on any atom is -0.325 e. The van der Waals surface area contributed by atoms with Crippen LogP contribution in [0, 0.1) is 11.8 Å². The first-order valence-corrected chi connectivity index (χ1v) is 6.77. The highest BCUT2D eigenvalue weighted by Crippen LogP contribution is 2.36. The van der Waals surface area contributed by atoms with Crippen LogP contribution in [0.5, 0.6) is 0 Å². The molecule has 17 heavy (non-hydrogen) atoms. The molecule has 1 saturated carbocycles. The van der Waals surface area contributed by atoms with Crippen molar-refractivity contribution in [3.05, 3.63) is 30.1 Å². The van der Waals surface area contributed by atoms with E-state index in [-0.39, 0.29) is 5.54 Å². The molecule has 0 saturated heterocycles. The molecule has 0 spiro atoms. The summed E-state index contributed by atoms with van der Waals surface area (Å²) in [6.45, 7) is 4.66. The van der Waals surface area contributed by atoms with Gasteiger partial charge in [-0.05, 0) is 61.6 Å². The number of rotatable bonds is 3. The Kier molecular flexibility index (Phi) is 3.82. The summed E-state index contributed by atoms with van der Waals surface area (Å²) in [5.74, 6) is 1.68. The molecule has 2 N–H and O–H groups in total. The standard InChI is InChI=1S/C15H24N2/c1-12(2)14-3-7-15(16,8-4-14)11-13-5-9-17-10-6-13/h5-6,9-10,12,14H,3-4,7-8,11,16H2,1-2H3. The number of hydrogen-bond acceptors (Lipinski definition) is 2. The number of nitrogens with zero attached hydrogens (tertiary/aromatic N) is 1. The summed E-state index contributed by atoms with van der Waals surface area (Å²) in [5.41, 5.74) is 7.88. The lowest BCUT2D eigenvalue weighted by molar-refractivity contribution is 0.194. The Morgan fingerprint density at radius 2 is 1.88 bits per heavy atom. The Bertz CT molecular complexity index is 337. The molecule has 1 aliphatic carbocycles. The molecule has 0 amide bonds. The lowest BCUT2D eigenvalue weighted by Gasteiger charge is -2.38. The minimum atomic E-state index is 0.0206. The van der Waals surface area contributed by atoms with Crippen molar-refractivity contribution in [3.63, 3.8) is 0 Å². The fraction of sp³-hybridized carbons (Fsp3) is 0.667. The van der Waals surface area contributed by atoms with Crippen LogP contribution in [-0.4, -0.2) is 10.5 Å². The van der Waals surface area contributed by atoms with E-state index >= 15 is 0 Å². The van der Waals surface area contributed by atoms with Gasteiger partial charge < -0.3 is 5.73 Å². The predicted octanol–water partition coefficient (Wildman–Crippen LogP) is 3.17. The van der Waals surface area contributed by atoms with Crippen LogP contribution in [0.25, 0.3) is 0 Å². The monoisotopic (exact) mass is 232 g/mol. The molecule has 0 aliphatic heterocycles. The van der Waals surface area contributed by atoms with Crippen LogP contribution < -0.4 is 5.73 Å². The number of pyridine rings is 1. The SMILES string of the molecule is CC(C)C1CCC(N)(Cc2ccncc2)CC1. The van der Waals surface area contributed by atoms with Crippen molar-refractivity contribution in [2.75, 3.05) is 0 Å². The summed E-state index contributed by atoms with van der Waals surface area (Å²) < 4.78 is 0. The highest BCUT2D eigenvalue weighted by molar-refractivity contribution is 5.14. The molecule has 94 valence electrons. The van der Waals surface area contributed by atoms with E-state index in [0.717, 1.165) is 31.1 Å². The minimum absolute atomic E-state index is 0.0206. The van der Waals surface area contributed by atoms with Crippen LogP contribution in [0.2, 0.25) is 0 Å². The molecular formula is C15H24N2. The normalized spacial score (nSPS) is 29.5. The zero-order valence-corrected chi connectivity index (χ0v) is 11.0. The Labute approximate surface area is 105 Å². The van der Waals surface area contributed by atoms with Gasteiger partial charge in [-0.3, -0.25) is 4.98 Å². The number of nitrogens with two attached hydrogens (primary N) is 1. The molecule has 0 bridgehead atoms. The van der Waals surface area contributed by atoms with Gasteiger partial charge in [0.25, 0.3) is 0 Å². The van der Waals surface area contributed by atoms with E-state index in [0.29, 0.717) is 0 Å². The number of aromatic nitrogens is 1. The van der Waals surface area contributed by atoms with Gasteiger partial charge >= 0.3 is 0 Å². The molecule has 0 aromatic carbocycles. The Hall–Kier alpha value is -0.890. The van der Waals surface area contributed by atoms with Gasteiger partial charge in [-0.1, -0.05) is 13.8 Å². The van der Waals surface area contributed by atoms with E-state index in [4.69, 9.17) is 5.73 Å². The molecule has 0 atom stereocenters. The zero-order chi connectivity index (χ0) is 12.3. The van der Waals surface area contributed by atoms with E-state index in [9.17, 15) is 0 Å². The summed E-state index contributed by atoms with van der Waals surface area (Å²) >= 11 is 0. The van der Waals surface area contributed by atoms with Crippen LogP contribution in [0.1, 0.15) is 45.1 Å². The summed E-state index contributed by atoms with van der Waals surface area (Å²) in [7, 11) is 0. The first kappa shape index (κ1) is 12.6. The Morgan fingerprint density at radius 3 is 2.41 bits per heavy atom. The van der Waals surface area contributed by atoms with E-state index in [1.807, 2.05) is 12.4 Å². The third-order valence-electron chi connectivity index (χ3n) is 4.27. The van der Waals surface area contributed by atoms with Gasteiger partial charge in [0.1, 0.15) is 0 Å². The van der Waals surface area contributed by atoms with Crippen LogP contribution in [-0.2, 0) is 6.42 Å². The maximum Gasteiger partial charge on any atom is 0.0270 e. The van der Waals surface area contributed by atoms with Crippen molar-refractivity contribution in [1.29, 1.82) is 0 Å². The average Bonchev–Trinajstić information content (AvgIpc) is 2.30. The van der Waals surface area contributed by atoms with Crippen LogP contribution in [0.4, 0.5) is 0 Å². The first-order chi connectivity index (χ1) is 8.09. The maximum atomic E-state index is 6.53. The number of hydrogen-bond donors (Lipinski definition) is 1. The van der Waals surface area contributed by atoms with Gasteiger partial charge in [0.2, 0.25) is 0 Å². The van der Waals surface area contributed by atoms with Crippen molar-refractivity contribution < 1.29 is 0 Å². The van der Waals surface area contributed by atoms with E-state index in [1.165, 1.54) is 18.4 Å². The zero-order valence-electron chi connectivity index (χ0n) is 11.0. The molecule has 1 aliphatic rings. The van der Waals surface area contributed by atoms with Crippen molar-refractivity contribution in [3.8, 4) is 0 Å². The molecule has 1 aromatic rings. The van der Waals surface area contributed by atoms with Crippen molar-refractivity contribution in [1.82, 2.24) is 4.98 Å². The van der Waals surface area contributed by atoms with E-state index in [2.05, 4.69) is 31.0 Å². The summed E-state index contributed by atoms with van der Waals surface area (Å²) in [4.78, 5) is 4.06. The second kappa shape index (κ2) is 5.18. The topological polar surface area (TPSA) is 38.9 Å². The molecule has 1 fully saturated rings. The van der Waals surface area contributed by atoms with Crippen LogP contribution >= 0.6 is 0 Å². The fourth-order valence-corrected chi connectivity index (χ4v) is 2.97. The Balaban J connectivity index is 1.94. The van der Waals surface area contributed by atoms with E-state index in [1.54, 1.807) is 0 Å². The lowest BCUT2D eigenvalue weighted by Crippen LogP contribution is -2.45. The third kappa shape index (κ3) is 3.29. The molecule has 0 radical (unpaired) electrons. The molecule has 1 heterocycles. The van der Waals surface area contributed by atoms with Crippen molar-refractivity contribution in [2.24, 2.45) is 17.6 Å².